The molecule has 226 valence electrons. The number of aliphatic hydroxyl groups excluding tert-OH is 1. The minimum absolute atomic E-state index is 0.0246. The zero-order valence-electron chi connectivity index (χ0n) is 25.2. The number of nitrogens with zero attached hydrogens (tertiary/aromatic N) is 2. The van der Waals surface area contributed by atoms with E-state index in [-0.39, 0.29) is 36.0 Å². The van der Waals surface area contributed by atoms with E-state index in [2.05, 4.69) is 32.2 Å². The molecule has 0 aliphatic carbocycles. The van der Waals surface area contributed by atoms with Crippen LogP contribution >= 0.6 is 11.6 Å². The van der Waals surface area contributed by atoms with Gasteiger partial charge >= 0.3 is 0 Å². The molecule has 3 aliphatic heterocycles. The molecule has 3 aromatic rings. The van der Waals surface area contributed by atoms with Crippen molar-refractivity contribution in [1.29, 1.82) is 0 Å². The van der Waals surface area contributed by atoms with Crippen LogP contribution in [-0.4, -0.2) is 51.4 Å². The van der Waals surface area contributed by atoms with Gasteiger partial charge in [0, 0.05) is 41.8 Å². The normalized spacial score (nSPS) is 25.2. The quantitative estimate of drug-likeness (QED) is 0.332. The molecule has 2 amide bonds. The second-order valence-corrected chi connectivity index (χ2v) is 17.7. The van der Waals surface area contributed by atoms with E-state index in [1.54, 1.807) is 7.11 Å². The first-order valence-corrected chi connectivity index (χ1v) is 18.5. The topological polar surface area (TPSA) is 79.3 Å². The summed E-state index contributed by atoms with van der Waals surface area (Å²) in [6.07, 6.45) is 1.61. The van der Waals surface area contributed by atoms with Crippen LogP contribution in [0.15, 0.2) is 66.7 Å². The van der Waals surface area contributed by atoms with Crippen molar-refractivity contribution in [2.45, 2.75) is 63.1 Å². The van der Waals surface area contributed by atoms with Gasteiger partial charge in [-0.25, -0.2) is 0 Å². The van der Waals surface area contributed by atoms with Crippen LogP contribution in [0.4, 0.5) is 11.4 Å². The molecule has 3 aromatic carbocycles. The second-order valence-electron chi connectivity index (χ2n) is 12.5. The van der Waals surface area contributed by atoms with Gasteiger partial charge in [-0.2, -0.15) is 0 Å². The van der Waals surface area contributed by atoms with Gasteiger partial charge in [0.1, 0.15) is 5.75 Å². The molecule has 1 N–H and O–H groups in total. The first kappa shape index (κ1) is 29.9. The molecule has 4 atom stereocenters. The monoisotopic (exact) mass is 618 g/mol. The van der Waals surface area contributed by atoms with Gasteiger partial charge in [-0.15, -0.1) is 0 Å². The van der Waals surface area contributed by atoms with Crippen LogP contribution in [-0.2, 0) is 26.5 Å². The van der Waals surface area contributed by atoms with Crippen molar-refractivity contribution >= 4 is 48.1 Å². The zero-order chi connectivity index (χ0) is 30.5. The summed E-state index contributed by atoms with van der Waals surface area (Å²) < 4.78 is 12.3. The molecular weight excluding hydrogens is 580 g/mol. The number of carbonyl (C=O) groups excluding carboxylic acids is 2. The molecule has 3 heterocycles. The molecule has 2 fully saturated rings. The number of carbonyl (C=O) groups is 2. The molecule has 0 aromatic heterocycles. The number of methoxy groups -OCH3 is 1. The number of hydrogen-bond acceptors (Lipinski definition) is 5. The highest BCUT2D eigenvalue weighted by atomic mass is 35.5. The lowest BCUT2D eigenvalue weighted by atomic mass is 9.82. The molecular formula is C34H39ClN2O5Si. The maximum atomic E-state index is 14.7. The largest absolute Gasteiger partial charge is 0.497 e. The first-order chi connectivity index (χ1) is 20.6. The molecule has 7 nitrogen and oxygen atoms in total. The molecule has 43 heavy (non-hydrogen) atoms. The van der Waals surface area contributed by atoms with Gasteiger partial charge in [-0.1, -0.05) is 61.1 Å². The van der Waals surface area contributed by atoms with Crippen LogP contribution in [0.2, 0.25) is 23.7 Å². The van der Waals surface area contributed by atoms with Gasteiger partial charge in [0.25, 0.3) is 5.91 Å². The number of anilines is 2. The van der Waals surface area contributed by atoms with E-state index in [4.69, 9.17) is 21.1 Å². The number of halogens is 1. The Morgan fingerprint density at radius 2 is 1.79 bits per heavy atom. The summed E-state index contributed by atoms with van der Waals surface area (Å²) in [4.78, 5) is 30.6. The van der Waals surface area contributed by atoms with Gasteiger partial charge in [0.2, 0.25) is 5.91 Å². The van der Waals surface area contributed by atoms with Crippen LogP contribution in [0, 0.1) is 5.92 Å². The van der Waals surface area contributed by atoms with Crippen molar-refractivity contribution in [2.24, 2.45) is 5.92 Å². The highest BCUT2D eigenvalue weighted by Gasteiger charge is 2.66. The van der Waals surface area contributed by atoms with Gasteiger partial charge in [0.15, 0.2) is 5.60 Å². The molecule has 0 radical (unpaired) electrons. The van der Waals surface area contributed by atoms with E-state index < -0.39 is 13.7 Å². The van der Waals surface area contributed by atoms with Crippen molar-refractivity contribution in [3.05, 3.63) is 82.9 Å². The zero-order valence-corrected chi connectivity index (χ0v) is 26.9. The summed E-state index contributed by atoms with van der Waals surface area (Å²) in [6, 6.07) is 21.8. The Hall–Kier alpha value is -3.17. The fraction of sp³-hybridized carbons (Fsp3) is 0.412. The Morgan fingerprint density at radius 3 is 2.42 bits per heavy atom. The Balaban J connectivity index is 1.37. The fourth-order valence-electron chi connectivity index (χ4n) is 7.72. The highest BCUT2D eigenvalue weighted by Crippen LogP contribution is 2.60. The Labute approximate surface area is 259 Å². The molecule has 3 aliphatic rings. The summed E-state index contributed by atoms with van der Waals surface area (Å²) in [5.41, 5.74) is 2.29. The number of aliphatic hydroxyl groups is 1. The third-order valence-electron chi connectivity index (χ3n) is 9.87. The number of amides is 2. The molecule has 9 heteroatoms. The summed E-state index contributed by atoms with van der Waals surface area (Å²) >= 11 is 6.57. The minimum atomic E-state index is -2.25. The maximum Gasteiger partial charge on any atom is 0.264 e. The van der Waals surface area contributed by atoms with Crippen molar-refractivity contribution < 1.29 is 24.2 Å². The van der Waals surface area contributed by atoms with E-state index in [9.17, 15) is 14.7 Å². The van der Waals surface area contributed by atoms with Crippen LogP contribution in [0.1, 0.15) is 37.3 Å². The smallest absolute Gasteiger partial charge is 0.264 e. The second kappa shape index (κ2) is 11.4. The lowest BCUT2D eigenvalue weighted by molar-refractivity contribution is -0.146. The van der Waals surface area contributed by atoms with Gasteiger partial charge in [0.05, 0.1) is 33.5 Å². The van der Waals surface area contributed by atoms with Crippen LogP contribution < -0.4 is 19.7 Å². The lowest BCUT2D eigenvalue weighted by Crippen LogP contribution is -2.51. The standard InChI is InChI=1S/C34H39ClN2O5Si/c1-22-32(43(3,4)27-14-12-26(41-2)13-15-27)30(17-19-38)42-34(22)28-20-24(35)9-16-29(28)37(33(34)40)21-23-7-10-25(11-8-23)36-18-5-6-31(36)39/h7-16,20,22,30,32,38H,5-6,17-19,21H2,1-4H3/t22-,30+,32-,34+/m1/s1. The number of hydrogen-bond donors (Lipinski definition) is 1. The van der Waals surface area contributed by atoms with Gasteiger partial charge < -0.3 is 24.4 Å². The summed E-state index contributed by atoms with van der Waals surface area (Å²) in [6.45, 7) is 7.86. The fourth-order valence-corrected chi connectivity index (χ4v) is 12.0. The number of fused-ring (bicyclic) bond motifs is 2. The number of rotatable bonds is 8. The molecule has 0 saturated carbocycles. The van der Waals surface area contributed by atoms with Crippen molar-refractivity contribution in [3.63, 3.8) is 0 Å². The third-order valence-corrected chi connectivity index (χ3v) is 14.5. The lowest BCUT2D eigenvalue weighted by Gasteiger charge is -2.37. The highest BCUT2D eigenvalue weighted by molar-refractivity contribution is 6.91. The summed E-state index contributed by atoms with van der Waals surface area (Å²) in [7, 11) is -0.591. The molecule has 0 unspecified atom stereocenters. The summed E-state index contributed by atoms with van der Waals surface area (Å²) in [5.74, 6) is 0.695. The number of ether oxygens (including phenoxy) is 2. The molecule has 0 bridgehead atoms. The Kier molecular flexibility index (Phi) is 7.92. The Bertz CT molecular complexity index is 1530. The SMILES string of the molecule is COc1ccc([Si](C)(C)[C@H]2[C@H](CCO)O[C@@]3(C(=O)N(Cc4ccc(N5CCCC5=O)cc4)c4ccc(Cl)cc43)[C@@H]2C)cc1. The van der Waals surface area contributed by atoms with Crippen LogP contribution in [0.25, 0.3) is 0 Å². The van der Waals surface area contributed by atoms with E-state index in [1.165, 1.54) is 5.19 Å². The summed E-state index contributed by atoms with van der Waals surface area (Å²) in [5, 5.41) is 11.9. The average Bonchev–Trinajstić information content (AvgIpc) is 3.63. The van der Waals surface area contributed by atoms with E-state index >= 15 is 0 Å². The van der Waals surface area contributed by atoms with Crippen molar-refractivity contribution in [1.82, 2.24) is 0 Å². The van der Waals surface area contributed by atoms with Gasteiger partial charge in [-0.05, 0) is 66.4 Å². The molecule has 6 rings (SSSR count). The predicted octanol–water partition coefficient (Wildman–Crippen LogP) is 5.62. The average molecular weight is 619 g/mol. The first-order valence-electron chi connectivity index (χ1n) is 15.1. The van der Waals surface area contributed by atoms with Crippen LogP contribution in [0.5, 0.6) is 5.75 Å². The van der Waals surface area contributed by atoms with Crippen molar-refractivity contribution in [2.75, 3.05) is 30.1 Å². The van der Waals surface area contributed by atoms with Gasteiger partial charge in [-0.3, -0.25) is 9.59 Å². The molecule has 1 spiro atoms. The van der Waals surface area contributed by atoms with E-state index in [0.29, 0.717) is 24.4 Å². The van der Waals surface area contributed by atoms with E-state index in [0.717, 1.165) is 41.2 Å². The van der Waals surface area contributed by atoms with Crippen molar-refractivity contribution in [3.8, 4) is 5.75 Å². The maximum absolute atomic E-state index is 14.7. The predicted molar refractivity (Wildman–Crippen MR) is 172 cm³/mol. The minimum Gasteiger partial charge on any atom is -0.497 e. The third kappa shape index (κ3) is 4.88. The van der Waals surface area contributed by atoms with Crippen LogP contribution in [0.3, 0.4) is 0 Å². The Morgan fingerprint density at radius 1 is 1.07 bits per heavy atom. The molecule has 2 saturated heterocycles. The van der Waals surface area contributed by atoms with E-state index in [1.807, 2.05) is 64.4 Å². The number of benzene rings is 3.